The van der Waals surface area contributed by atoms with Gasteiger partial charge in [0.05, 0.1) is 22.1 Å². The summed E-state index contributed by atoms with van der Waals surface area (Å²) in [4.78, 5) is 5.21. The summed E-state index contributed by atoms with van der Waals surface area (Å²) in [6, 6.07) is 64.2. The molecule has 0 unspecified atom stereocenters. The fourth-order valence-electron chi connectivity index (χ4n) is 8.59. The maximum atomic E-state index is 7.12. The Labute approximate surface area is 298 Å². The number of imidazole rings is 2. The van der Waals surface area contributed by atoms with Gasteiger partial charge in [0, 0.05) is 5.69 Å². The van der Waals surface area contributed by atoms with Crippen molar-refractivity contribution in [2.24, 2.45) is 0 Å². The van der Waals surface area contributed by atoms with E-state index in [-0.39, 0.29) is 0 Å². The van der Waals surface area contributed by atoms with Crippen LogP contribution in [0.4, 0.5) is 0 Å². The molecular weight excluding hydrogens is 655 g/mol. The van der Waals surface area contributed by atoms with E-state index in [1.54, 1.807) is 0 Å². The van der Waals surface area contributed by atoms with Crippen LogP contribution in [0.25, 0.3) is 33.5 Å². The number of fused-ring (bicyclic) bond motifs is 7. The molecule has 0 bridgehead atoms. The van der Waals surface area contributed by atoms with Crippen LogP contribution >= 0.6 is 0 Å². The van der Waals surface area contributed by atoms with E-state index in [1.807, 2.05) is 0 Å². The van der Waals surface area contributed by atoms with E-state index in [0.717, 1.165) is 45.0 Å². The summed E-state index contributed by atoms with van der Waals surface area (Å²) in [5.74, 6) is 2.93. The SMILES string of the molecule is C[Si]1(C)c2ccccc2Oc2c1cccc2[Si](c1ccccc1)(c1ccccc1)c1cccc(-n2c3ccccc3n3c4ccccc4nc23)c1. The highest BCUT2D eigenvalue weighted by atomic mass is 28.3. The minimum Gasteiger partial charge on any atom is -0.458 e. The van der Waals surface area contributed by atoms with E-state index in [4.69, 9.17) is 9.72 Å². The zero-order chi connectivity index (χ0) is 34.2. The normalized spacial score (nSPS) is 13.6. The van der Waals surface area contributed by atoms with Gasteiger partial charge in [-0.1, -0.05) is 147 Å². The van der Waals surface area contributed by atoms with Crippen LogP contribution in [0.1, 0.15) is 0 Å². The van der Waals surface area contributed by atoms with Gasteiger partial charge >= 0.3 is 0 Å². The number of ether oxygens (including phenoxy) is 1. The number of benzene rings is 7. The zero-order valence-corrected chi connectivity index (χ0v) is 30.5. The van der Waals surface area contributed by atoms with Crippen LogP contribution in [0.2, 0.25) is 13.1 Å². The summed E-state index contributed by atoms with van der Waals surface area (Å²) < 4.78 is 11.7. The van der Waals surface area contributed by atoms with Gasteiger partial charge in [0.2, 0.25) is 5.78 Å². The minimum atomic E-state index is -3.02. The quantitative estimate of drug-likeness (QED) is 0.148. The molecule has 0 saturated carbocycles. The summed E-state index contributed by atoms with van der Waals surface area (Å²) in [6.07, 6.45) is 0. The van der Waals surface area contributed by atoms with Crippen LogP contribution in [-0.4, -0.2) is 30.1 Å². The van der Waals surface area contributed by atoms with Crippen LogP contribution in [0.3, 0.4) is 0 Å². The van der Waals surface area contributed by atoms with Gasteiger partial charge in [-0.05, 0) is 73.6 Å². The average Bonchev–Trinajstić information content (AvgIpc) is 3.71. The first kappa shape index (κ1) is 29.9. The van der Waals surface area contributed by atoms with E-state index in [2.05, 4.69) is 198 Å². The molecule has 2 aromatic heterocycles. The lowest BCUT2D eigenvalue weighted by Crippen LogP contribution is -2.75. The predicted octanol–water partition coefficient (Wildman–Crippen LogP) is 6.74. The molecule has 4 nitrogen and oxygen atoms in total. The summed E-state index contributed by atoms with van der Waals surface area (Å²) in [5.41, 5.74) is 5.44. The van der Waals surface area contributed by atoms with Gasteiger partial charge in [0.25, 0.3) is 0 Å². The van der Waals surface area contributed by atoms with E-state index in [1.165, 1.54) is 31.1 Å². The summed E-state index contributed by atoms with van der Waals surface area (Å²) in [6.45, 7) is 4.92. The number of rotatable bonds is 5. The van der Waals surface area contributed by atoms with Crippen LogP contribution in [0.15, 0.2) is 176 Å². The molecule has 7 aromatic carbocycles. The summed E-state index contributed by atoms with van der Waals surface area (Å²) in [5, 5.41) is 7.90. The number of aromatic nitrogens is 3. The second-order valence-electron chi connectivity index (χ2n) is 14.0. The van der Waals surface area contributed by atoms with Crippen molar-refractivity contribution in [1.82, 2.24) is 14.0 Å². The predicted molar refractivity (Wildman–Crippen MR) is 216 cm³/mol. The summed E-state index contributed by atoms with van der Waals surface area (Å²) in [7, 11) is -5.11. The molecule has 0 N–H and O–H groups in total. The Bertz CT molecular complexity index is 2730. The van der Waals surface area contributed by atoms with E-state index < -0.39 is 16.1 Å². The van der Waals surface area contributed by atoms with E-state index in [9.17, 15) is 0 Å². The highest BCUT2D eigenvalue weighted by Crippen LogP contribution is 2.31. The Balaban J connectivity index is 1.31. The lowest BCUT2D eigenvalue weighted by molar-refractivity contribution is 0.490. The second kappa shape index (κ2) is 11.3. The first-order valence-corrected chi connectivity index (χ1v) is 22.6. The molecule has 0 aliphatic carbocycles. The highest BCUT2D eigenvalue weighted by Gasteiger charge is 2.47. The molecule has 0 radical (unpaired) electrons. The van der Waals surface area contributed by atoms with Crippen molar-refractivity contribution in [2.75, 3.05) is 0 Å². The van der Waals surface area contributed by atoms with Crippen molar-refractivity contribution in [3.05, 3.63) is 176 Å². The molecule has 51 heavy (non-hydrogen) atoms. The summed E-state index contributed by atoms with van der Waals surface area (Å²) >= 11 is 0. The van der Waals surface area contributed by atoms with Crippen LogP contribution in [-0.2, 0) is 0 Å². The molecule has 0 fully saturated rings. The molecular formula is C45H35N3OSi2. The maximum absolute atomic E-state index is 7.12. The third-order valence-corrected chi connectivity index (χ3v) is 19.2. The molecule has 10 rings (SSSR count). The third kappa shape index (κ3) is 4.27. The van der Waals surface area contributed by atoms with Crippen LogP contribution in [0, 0.1) is 0 Å². The van der Waals surface area contributed by atoms with Crippen LogP contribution in [0.5, 0.6) is 11.5 Å². The number of hydrogen-bond acceptors (Lipinski definition) is 2. The zero-order valence-electron chi connectivity index (χ0n) is 28.5. The van der Waals surface area contributed by atoms with E-state index in [0.29, 0.717) is 0 Å². The van der Waals surface area contributed by atoms with Crippen molar-refractivity contribution < 1.29 is 4.74 Å². The lowest BCUT2D eigenvalue weighted by Gasteiger charge is -2.40. The van der Waals surface area contributed by atoms with Crippen molar-refractivity contribution in [3.63, 3.8) is 0 Å². The minimum absolute atomic E-state index is 0.908. The van der Waals surface area contributed by atoms with Gasteiger partial charge in [0.1, 0.15) is 19.6 Å². The lowest BCUT2D eigenvalue weighted by atomic mass is 10.2. The number of nitrogens with zero attached hydrogens (tertiary/aromatic N) is 3. The molecule has 0 spiro atoms. The topological polar surface area (TPSA) is 31.5 Å². The maximum Gasteiger partial charge on any atom is 0.220 e. The fourth-order valence-corrected chi connectivity index (χ4v) is 16.4. The molecule has 0 saturated heterocycles. The van der Waals surface area contributed by atoms with Gasteiger partial charge in [-0.2, -0.15) is 0 Å². The second-order valence-corrected chi connectivity index (χ2v) is 22.1. The highest BCUT2D eigenvalue weighted by molar-refractivity contribution is 7.20. The molecule has 3 heterocycles. The standard InChI is InChI=1S/C45H35N3OSi2/c1-50(2)41-28-14-13-27-40(41)49-44-42(50)29-16-30-43(44)51(33-18-5-3-6-19-33,34-20-7-4-8-21-34)35-22-15-17-32(31-35)47-38-25-11-12-26-39(38)48-37-24-10-9-23-36(37)46-45(47)48/h3-31H,1-2H3. The number of hydrogen-bond donors (Lipinski definition) is 0. The number of para-hydroxylation sites is 6. The van der Waals surface area contributed by atoms with Crippen molar-refractivity contribution in [2.45, 2.75) is 13.1 Å². The first-order valence-electron chi connectivity index (χ1n) is 17.6. The van der Waals surface area contributed by atoms with Crippen molar-refractivity contribution in [3.8, 4) is 17.2 Å². The smallest absolute Gasteiger partial charge is 0.220 e. The van der Waals surface area contributed by atoms with Gasteiger partial charge in [-0.3, -0.25) is 8.97 Å². The Kier molecular flexibility index (Phi) is 6.62. The molecule has 244 valence electrons. The molecule has 0 amide bonds. The van der Waals surface area contributed by atoms with Gasteiger partial charge in [0.15, 0.2) is 8.07 Å². The Morgan fingerprint density at radius 2 is 1.12 bits per heavy atom. The van der Waals surface area contributed by atoms with Crippen molar-refractivity contribution in [1.29, 1.82) is 0 Å². The third-order valence-electron chi connectivity index (χ3n) is 10.9. The molecule has 6 heteroatoms. The Hall–Kier alpha value is -5.96. The molecule has 1 aliphatic heterocycles. The average molecular weight is 690 g/mol. The van der Waals surface area contributed by atoms with Gasteiger partial charge in [-0.15, -0.1) is 0 Å². The van der Waals surface area contributed by atoms with Crippen LogP contribution < -0.4 is 35.9 Å². The monoisotopic (exact) mass is 689 g/mol. The molecule has 9 aromatic rings. The largest absolute Gasteiger partial charge is 0.458 e. The van der Waals surface area contributed by atoms with E-state index >= 15 is 0 Å². The first-order chi connectivity index (χ1) is 25.1. The van der Waals surface area contributed by atoms with Gasteiger partial charge < -0.3 is 4.74 Å². The fraction of sp³-hybridized carbons (Fsp3) is 0.0444. The van der Waals surface area contributed by atoms with Crippen molar-refractivity contribution >= 4 is 75.1 Å². The Morgan fingerprint density at radius 3 is 1.88 bits per heavy atom. The molecule has 0 atom stereocenters. The molecule has 1 aliphatic rings. The Morgan fingerprint density at radius 1 is 0.529 bits per heavy atom. The van der Waals surface area contributed by atoms with Gasteiger partial charge in [-0.25, -0.2) is 4.98 Å².